The molecule has 5 rings (SSSR count). The first kappa shape index (κ1) is 24.8. The molecular weight excluding hydrogens is 448 g/mol. The number of aromatic nitrogens is 6. The quantitative estimate of drug-likeness (QED) is 0.427. The molecule has 0 unspecified atom stereocenters. The third kappa shape index (κ3) is 4.76. The van der Waals surface area contributed by atoms with Gasteiger partial charge in [-0.05, 0) is 26.0 Å². The van der Waals surface area contributed by atoms with Gasteiger partial charge < -0.3 is 0 Å². The Morgan fingerprint density at radius 1 is 0.611 bits per heavy atom. The minimum Gasteiger partial charge on any atom is -0.295 e. The topological polar surface area (TPSA) is 66.9 Å². The predicted octanol–water partition coefficient (Wildman–Crippen LogP) is 4.30. The monoisotopic (exact) mass is 488 g/mol. The Labute approximate surface area is 214 Å². The molecule has 8 nitrogen and oxygen atoms in total. The average molecular weight is 489 g/mol. The first-order chi connectivity index (χ1) is 16.9. The van der Waals surface area contributed by atoms with Crippen molar-refractivity contribution in [3.8, 4) is 0 Å². The molecule has 0 bridgehead atoms. The van der Waals surface area contributed by atoms with E-state index in [1.54, 1.807) is 0 Å². The molecule has 4 aromatic rings. The van der Waals surface area contributed by atoms with Crippen LogP contribution in [0.4, 0.5) is 0 Å². The van der Waals surface area contributed by atoms with E-state index in [9.17, 15) is 0 Å². The summed E-state index contributed by atoms with van der Waals surface area (Å²) < 4.78 is 4.37. The zero-order chi connectivity index (χ0) is 25.8. The summed E-state index contributed by atoms with van der Waals surface area (Å²) in [4.78, 5) is 24.4. The Morgan fingerprint density at radius 2 is 0.972 bits per heavy atom. The third-order valence-corrected chi connectivity index (χ3v) is 7.10. The van der Waals surface area contributed by atoms with Gasteiger partial charge in [-0.1, -0.05) is 41.5 Å². The highest BCUT2D eigenvalue weighted by molar-refractivity contribution is 5.40. The van der Waals surface area contributed by atoms with Crippen molar-refractivity contribution in [2.45, 2.75) is 79.3 Å². The van der Waals surface area contributed by atoms with E-state index in [0.717, 1.165) is 73.6 Å². The molecule has 0 saturated carbocycles. The molecule has 1 fully saturated rings. The maximum atomic E-state index is 4.94. The number of hydrogen-bond acceptors (Lipinski definition) is 6. The Morgan fingerprint density at radius 3 is 1.31 bits per heavy atom. The van der Waals surface area contributed by atoms with Crippen LogP contribution >= 0.6 is 0 Å². The van der Waals surface area contributed by atoms with Crippen LogP contribution in [0, 0.1) is 13.8 Å². The number of rotatable bonds is 4. The summed E-state index contributed by atoms with van der Waals surface area (Å²) in [7, 11) is 0. The molecule has 36 heavy (non-hydrogen) atoms. The second-order valence-electron chi connectivity index (χ2n) is 12.3. The van der Waals surface area contributed by atoms with Crippen molar-refractivity contribution in [1.82, 2.24) is 38.5 Å². The fraction of sp³-hybridized carbons (Fsp3) is 0.571. The molecule has 0 aromatic carbocycles. The van der Waals surface area contributed by atoms with E-state index in [-0.39, 0.29) is 10.8 Å². The first-order valence-electron chi connectivity index (χ1n) is 13.0. The van der Waals surface area contributed by atoms with Crippen LogP contribution in [0.2, 0.25) is 0 Å². The van der Waals surface area contributed by atoms with Crippen LogP contribution in [-0.4, -0.2) is 64.7 Å². The van der Waals surface area contributed by atoms with Gasteiger partial charge in [0.1, 0.15) is 0 Å². The van der Waals surface area contributed by atoms with Crippen LogP contribution in [0.3, 0.4) is 0 Å². The maximum Gasteiger partial charge on any atom is 0.234 e. The van der Waals surface area contributed by atoms with Crippen LogP contribution in [-0.2, 0) is 23.9 Å². The molecule has 192 valence electrons. The molecule has 0 aliphatic carbocycles. The highest BCUT2D eigenvalue weighted by Crippen LogP contribution is 2.29. The van der Waals surface area contributed by atoms with Gasteiger partial charge in [-0.25, -0.2) is 19.9 Å². The number of hydrogen-bond donors (Lipinski definition) is 0. The molecule has 1 aliphatic rings. The molecule has 0 spiro atoms. The van der Waals surface area contributed by atoms with Crippen molar-refractivity contribution >= 4 is 11.6 Å². The summed E-state index contributed by atoms with van der Waals surface area (Å²) in [5, 5.41) is 0. The normalized spacial score (nSPS) is 16.4. The molecule has 0 radical (unpaired) electrons. The average Bonchev–Trinajstić information content (AvgIpc) is 3.33. The molecule has 1 aliphatic heterocycles. The van der Waals surface area contributed by atoms with Gasteiger partial charge in [0, 0.05) is 73.9 Å². The van der Waals surface area contributed by atoms with Gasteiger partial charge >= 0.3 is 0 Å². The van der Waals surface area contributed by atoms with E-state index in [0.29, 0.717) is 0 Å². The fourth-order valence-electron chi connectivity index (χ4n) is 5.16. The molecule has 8 heteroatoms. The fourth-order valence-corrected chi connectivity index (χ4v) is 5.16. The van der Waals surface area contributed by atoms with Gasteiger partial charge in [0.15, 0.2) is 0 Å². The summed E-state index contributed by atoms with van der Waals surface area (Å²) in [5.41, 5.74) is 6.75. The lowest BCUT2D eigenvalue weighted by atomic mass is 9.90. The summed E-state index contributed by atoms with van der Waals surface area (Å²) in [6, 6.07) is 4.14. The molecule has 0 amide bonds. The minimum absolute atomic E-state index is 0.0302. The number of piperazine rings is 1. The molecule has 1 saturated heterocycles. The second kappa shape index (κ2) is 8.92. The van der Waals surface area contributed by atoms with E-state index in [2.05, 4.69) is 94.6 Å². The van der Waals surface area contributed by atoms with Gasteiger partial charge in [0.25, 0.3) is 0 Å². The Hall–Kier alpha value is -2.84. The van der Waals surface area contributed by atoms with Gasteiger partial charge in [-0.15, -0.1) is 0 Å². The largest absolute Gasteiger partial charge is 0.295 e. The lowest BCUT2D eigenvalue weighted by Gasteiger charge is -2.35. The Bertz CT molecular complexity index is 1280. The Kier molecular flexibility index (Phi) is 6.16. The maximum absolute atomic E-state index is 4.94. The lowest BCUT2D eigenvalue weighted by molar-refractivity contribution is 0.118. The van der Waals surface area contributed by atoms with E-state index in [1.165, 1.54) is 11.4 Å². The lowest BCUT2D eigenvalue weighted by Crippen LogP contribution is -2.46. The van der Waals surface area contributed by atoms with Crippen LogP contribution in [0.1, 0.15) is 75.7 Å². The minimum atomic E-state index is -0.0302. The van der Waals surface area contributed by atoms with Crippen molar-refractivity contribution in [2.24, 2.45) is 0 Å². The van der Waals surface area contributed by atoms with Crippen molar-refractivity contribution in [1.29, 1.82) is 0 Å². The smallest absolute Gasteiger partial charge is 0.234 e. The van der Waals surface area contributed by atoms with Crippen molar-refractivity contribution in [3.05, 3.63) is 58.7 Å². The van der Waals surface area contributed by atoms with Gasteiger partial charge in [0.2, 0.25) is 11.6 Å². The van der Waals surface area contributed by atoms with E-state index in [4.69, 9.17) is 9.97 Å². The zero-order valence-corrected chi connectivity index (χ0v) is 23.1. The van der Waals surface area contributed by atoms with Crippen LogP contribution in [0.5, 0.6) is 0 Å². The van der Waals surface area contributed by atoms with Gasteiger partial charge in [0.05, 0.1) is 22.8 Å². The predicted molar refractivity (Wildman–Crippen MR) is 143 cm³/mol. The first-order valence-corrected chi connectivity index (χ1v) is 13.0. The molecular formula is C28H40N8. The van der Waals surface area contributed by atoms with Crippen molar-refractivity contribution in [2.75, 3.05) is 26.2 Å². The number of fused-ring (bicyclic) bond motifs is 2. The molecule has 5 heterocycles. The summed E-state index contributed by atoms with van der Waals surface area (Å²) in [5.74, 6) is 1.61. The second-order valence-corrected chi connectivity index (χ2v) is 12.3. The third-order valence-electron chi connectivity index (χ3n) is 7.10. The highest BCUT2D eigenvalue weighted by Gasteiger charge is 2.29. The van der Waals surface area contributed by atoms with E-state index in [1.807, 2.05) is 13.8 Å². The van der Waals surface area contributed by atoms with Gasteiger partial charge in [-0.2, -0.15) is 0 Å². The van der Waals surface area contributed by atoms with E-state index >= 15 is 0 Å². The van der Waals surface area contributed by atoms with E-state index < -0.39 is 0 Å². The van der Waals surface area contributed by atoms with Crippen molar-refractivity contribution < 1.29 is 0 Å². The number of nitrogens with zero attached hydrogens (tertiary/aromatic N) is 8. The van der Waals surface area contributed by atoms with Crippen LogP contribution in [0.25, 0.3) is 11.6 Å². The molecule has 0 N–H and O–H groups in total. The number of aryl methyl sites for hydroxylation is 2. The summed E-state index contributed by atoms with van der Waals surface area (Å²) in [6.07, 6.45) is 4.25. The molecule has 4 aromatic heterocycles. The van der Waals surface area contributed by atoms with Crippen LogP contribution < -0.4 is 0 Å². The molecule has 0 atom stereocenters. The SMILES string of the molecule is Cc1ccn2c(CN3CCN(Cc4c(C(C)(C)C)nc5nc(C)ccn45)CC3)c(C(C)(C)C)nc2n1. The summed E-state index contributed by atoms with van der Waals surface area (Å²) in [6.45, 7) is 23.3. The zero-order valence-electron chi connectivity index (χ0n) is 23.1. The summed E-state index contributed by atoms with van der Waals surface area (Å²) >= 11 is 0. The van der Waals surface area contributed by atoms with Crippen LogP contribution in [0.15, 0.2) is 24.5 Å². The Balaban J connectivity index is 1.34. The van der Waals surface area contributed by atoms with Crippen molar-refractivity contribution in [3.63, 3.8) is 0 Å². The van der Waals surface area contributed by atoms with Gasteiger partial charge in [-0.3, -0.25) is 18.6 Å². The standard InChI is InChI=1S/C28H40N8/c1-19-9-11-35-21(23(27(3,4)5)31-25(35)29-19)17-33-13-15-34(16-14-33)18-22-24(28(6,7)8)32-26-30-20(2)10-12-36(22)26/h9-12H,13-18H2,1-8H3. The highest BCUT2D eigenvalue weighted by atomic mass is 15.3. The number of imidazole rings is 2.